The predicted molar refractivity (Wildman–Crippen MR) is 127 cm³/mol. The van der Waals surface area contributed by atoms with Crippen molar-refractivity contribution in [2.45, 2.75) is 20.5 Å². The largest absolute Gasteiger partial charge is 0.493 e. The van der Waals surface area contributed by atoms with E-state index in [1.807, 2.05) is 74.5 Å². The molecule has 0 aliphatic heterocycles. The van der Waals surface area contributed by atoms with Crippen LogP contribution in [0.15, 0.2) is 72.8 Å². The normalized spacial score (nSPS) is 10.7. The van der Waals surface area contributed by atoms with Gasteiger partial charge in [0.15, 0.2) is 11.5 Å². The average molecular weight is 432 g/mol. The smallest absolute Gasteiger partial charge is 0.244 e. The van der Waals surface area contributed by atoms with E-state index in [1.165, 1.54) is 6.08 Å². The summed E-state index contributed by atoms with van der Waals surface area (Å²) in [7, 11) is 1.60. The summed E-state index contributed by atoms with van der Waals surface area (Å²) in [6, 6.07) is 21.6. The van der Waals surface area contributed by atoms with Gasteiger partial charge in [-0.25, -0.2) is 0 Å². The fourth-order valence-corrected chi connectivity index (χ4v) is 3.23. The van der Waals surface area contributed by atoms with Crippen LogP contribution in [0.3, 0.4) is 0 Å². The van der Waals surface area contributed by atoms with Crippen LogP contribution in [0.25, 0.3) is 6.08 Å². The summed E-state index contributed by atoms with van der Waals surface area (Å²) in [6.45, 7) is 5.35. The highest BCUT2D eigenvalue weighted by Gasteiger charge is 2.06. The number of rotatable bonds is 10. The van der Waals surface area contributed by atoms with Gasteiger partial charge in [0, 0.05) is 6.08 Å². The van der Waals surface area contributed by atoms with E-state index < -0.39 is 0 Å². The molecule has 0 atom stereocenters. The molecule has 0 aromatic heterocycles. The minimum atomic E-state index is -0.183. The number of carbonyl (C=O) groups excluding carboxylic acids is 1. The third-order valence-electron chi connectivity index (χ3n) is 4.72. The third kappa shape index (κ3) is 7.20. The second kappa shape index (κ2) is 11.6. The molecule has 5 heteroatoms. The molecular weight excluding hydrogens is 402 g/mol. The van der Waals surface area contributed by atoms with E-state index in [0.717, 1.165) is 28.0 Å². The molecule has 0 bridgehead atoms. The van der Waals surface area contributed by atoms with Gasteiger partial charge in [0.25, 0.3) is 0 Å². The van der Waals surface area contributed by atoms with Gasteiger partial charge >= 0.3 is 0 Å². The number of benzene rings is 3. The Hall–Kier alpha value is -3.73. The summed E-state index contributed by atoms with van der Waals surface area (Å²) in [5, 5.41) is 2.82. The van der Waals surface area contributed by atoms with Crippen LogP contribution in [0.5, 0.6) is 17.2 Å². The third-order valence-corrected chi connectivity index (χ3v) is 4.72. The lowest BCUT2D eigenvalue weighted by molar-refractivity contribution is -0.116. The summed E-state index contributed by atoms with van der Waals surface area (Å²) < 4.78 is 17.0. The lowest BCUT2D eigenvalue weighted by Gasteiger charge is -2.11. The molecular formula is C27H29NO4. The van der Waals surface area contributed by atoms with Crippen LogP contribution in [0, 0.1) is 13.8 Å². The molecule has 1 N–H and O–H groups in total. The molecule has 3 rings (SSSR count). The Morgan fingerprint density at radius 1 is 0.906 bits per heavy atom. The van der Waals surface area contributed by atoms with Gasteiger partial charge in [0.1, 0.15) is 19.0 Å². The Morgan fingerprint density at radius 2 is 1.66 bits per heavy atom. The molecule has 0 spiro atoms. The molecule has 0 unspecified atom stereocenters. The highest BCUT2D eigenvalue weighted by molar-refractivity contribution is 5.91. The quantitative estimate of drug-likeness (QED) is 0.358. The molecule has 3 aromatic carbocycles. The Labute approximate surface area is 189 Å². The van der Waals surface area contributed by atoms with Gasteiger partial charge in [0.2, 0.25) is 5.91 Å². The van der Waals surface area contributed by atoms with Crippen molar-refractivity contribution in [3.8, 4) is 17.2 Å². The van der Waals surface area contributed by atoms with E-state index in [1.54, 1.807) is 13.2 Å². The first-order valence-corrected chi connectivity index (χ1v) is 10.6. The number of nitrogens with one attached hydrogen (secondary N) is 1. The number of ether oxygens (including phenoxy) is 3. The number of aryl methyl sites for hydroxylation is 2. The Bertz CT molecular complexity index is 1040. The molecule has 166 valence electrons. The first-order valence-electron chi connectivity index (χ1n) is 10.6. The van der Waals surface area contributed by atoms with E-state index in [2.05, 4.69) is 11.4 Å². The van der Waals surface area contributed by atoms with Crippen LogP contribution in [0.1, 0.15) is 22.3 Å². The molecule has 5 nitrogen and oxygen atoms in total. The van der Waals surface area contributed by atoms with E-state index >= 15 is 0 Å². The number of carbonyl (C=O) groups is 1. The van der Waals surface area contributed by atoms with E-state index in [9.17, 15) is 4.79 Å². The zero-order chi connectivity index (χ0) is 22.8. The molecule has 0 saturated heterocycles. The van der Waals surface area contributed by atoms with Gasteiger partial charge in [0.05, 0.1) is 13.7 Å². The van der Waals surface area contributed by atoms with Crippen molar-refractivity contribution in [2.75, 3.05) is 20.3 Å². The standard InChI is InChI=1S/C27H29NO4/c1-20-15-21(2)17-24(16-20)31-14-13-28-27(29)12-10-22-9-11-25(26(18-22)30-3)32-19-23-7-5-4-6-8-23/h4-12,15-18H,13-14,19H2,1-3H3,(H,28,29)/b12-10+. The zero-order valence-electron chi connectivity index (χ0n) is 18.8. The van der Waals surface area contributed by atoms with Crippen LogP contribution in [-0.2, 0) is 11.4 Å². The van der Waals surface area contributed by atoms with E-state index in [4.69, 9.17) is 14.2 Å². The predicted octanol–water partition coefficient (Wildman–Crippen LogP) is 5.10. The summed E-state index contributed by atoms with van der Waals surface area (Å²) in [5.74, 6) is 1.90. The molecule has 0 saturated carbocycles. The van der Waals surface area contributed by atoms with Crippen molar-refractivity contribution in [3.05, 3.63) is 95.1 Å². The fourth-order valence-electron chi connectivity index (χ4n) is 3.23. The van der Waals surface area contributed by atoms with Gasteiger partial charge in [-0.05, 0) is 66.4 Å². The van der Waals surface area contributed by atoms with Gasteiger partial charge in [-0.1, -0.05) is 42.5 Å². The first-order chi connectivity index (χ1) is 15.5. The van der Waals surface area contributed by atoms with Gasteiger partial charge < -0.3 is 19.5 Å². The molecule has 0 aliphatic carbocycles. The van der Waals surface area contributed by atoms with Crippen molar-refractivity contribution in [1.29, 1.82) is 0 Å². The maximum Gasteiger partial charge on any atom is 0.244 e. The number of methoxy groups -OCH3 is 1. The van der Waals surface area contributed by atoms with E-state index in [-0.39, 0.29) is 5.91 Å². The van der Waals surface area contributed by atoms with Crippen molar-refractivity contribution >= 4 is 12.0 Å². The van der Waals surface area contributed by atoms with Gasteiger partial charge in [-0.15, -0.1) is 0 Å². The first kappa shape index (κ1) is 22.9. The average Bonchev–Trinajstić information content (AvgIpc) is 2.79. The molecule has 0 heterocycles. The summed E-state index contributed by atoms with van der Waals surface area (Å²) in [5.41, 5.74) is 4.23. The SMILES string of the molecule is COc1cc(/C=C/C(=O)NCCOc2cc(C)cc(C)c2)ccc1OCc1ccccc1. The maximum absolute atomic E-state index is 12.1. The van der Waals surface area contributed by atoms with Crippen LogP contribution in [0.2, 0.25) is 0 Å². The summed E-state index contributed by atoms with van der Waals surface area (Å²) >= 11 is 0. The Morgan fingerprint density at radius 3 is 2.38 bits per heavy atom. The molecule has 0 aliphatic rings. The highest BCUT2D eigenvalue weighted by Crippen LogP contribution is 2.29. The van der Waals surface area contributed by atoms with Crippen molar-refractivity contribution in [2.24, 2.45) is 0 Å². The minimum Gasteiger partial charge on any atom is -0.493 e. The second-order valence-corrected chi connectivity index (χ2v) is 7.48. The maximum atomic E-state index is 12.1. The molecule has 32 heavy (non-hydrogen) atoms. The van der Waals surface area contributed by atoms with Crippen molar-refractivity contribution in [1.82, 2.24) is 5.32 Å². The van der Waals surface area contributed by atoms with Gasteiger partial charge in [-0.3, -0.25) is 4.79 Å². The van der Waals surface area contributed by atoms with Crippen LogP contribution < -0.4 is 19.5 Å². The van der Waals surface area contributed by atoms with Gasteiger partial charge in [-0.2, -0.15) is 0 Å². The lowest BCUT2D eigenvalue weighted by Crippen LogP contribution is -2.26. The van der Waals surface area contributed by atoms with Crippen LogP contribution in [0.4, 0.5) is 0 Å². The zero-order valence-corrected chi connectivity index (χ0v) is 18.8. The Kier molecular flexibility index (Phi) is 8.32. The highest BCUT2D eigenvalue weighted by atomic mass is 16.5. The monoisotopic (exact) mass is 431 g/mol. The molecule has 0 fully saturated rings. The second-order valence-electron chi connectivity index (χ2n) is 7.48. The van der Waals surface area contributed by atoms with E-state index in [0.29, 0.717) is 31.3 Å². The topological polar surface area (TPSA) is 56.8 Å². The van der Waals surface area contributed by atoms with Crippen LogP contribution >= 0.6 is 0 Å². The molecule has 1 amide bonds. The van der Waals surface area contributed by atoms with Crippen LogP contribution in [-0.4, -0.2) is 26.2 Å². The molecule has 0 radical (unpaired) electrons. The minimum absolute atomic E-state index is 0.183. The fraction of sp³-hybridized carbons (Fsp3) is 0.222. The van der Waals surface area contributed by atoms with Crippen molar-refractivity contribution in [3.63, 3.8) is 0 Å². The number of hydrogen-bond acceptors (Lipinski definition) is 4. The number of amides is 1. The Balaban J connectivity index is 1.47. The molecule has 3 aromatic rings. The number of hydrogen-bond donors (Lipinski definition) is 1. The summed E-state index contributed by atoms with van der Waals surface area (Å²) in [4.78, 5) is 12.1. The van der Waals surface area contributed by atoms with Crippen molar-refractivity contribution < 1.29 is 19.0 Å². The summed E-state index contributed by atoms with van der Waals surface area (Å²) in [6.07, 6.45) is 3.24. The lowest BCUT2D eigenvalue weighted by atomic mass is 10.1.